The van der Waals surface area contributed by atoms with Gasteiger partial charge in [0.15, 0.2) is 0 Å². The number of nitro groups is 1. The zero-order chi connectivity index (χ0) is 15.9. The third kappa shape index (κ3) is 4.39. The molecule has 2 aromatic carbocycles. The number of halogens is 1. The summed E-state index contributed by atoms with van der Waals surface area (Å²) in [5.41, 5.74) is 3.50. The van der Waals surface area contributed by atoms with Crippen LogP contribution in [0.4, 0.5) is 5.69 Å². The van der Waals surface area contributed by atoms with Crippen LogP contribution < -0.4 is 5.43 Å². The van der Waals surface area contributed by atoms with Gasteiger partial charge < -0.3 is 0 Å². The van der Waals surface area contributed by atoms with Crippen molar-refractivity contribution >= 4 is 29.4 Å². The van der Waals surface area contributed by atoms with Crippen LogP contribution >= 0.6 is 11.6 Å². The summed E-state index contributed by atoms with van der Waals surface area (Å²) < 4.78 is 0. The van der Waals surface area contributed by atoms with Crippen LogP contribution in [0.5, 0.6) is 0 Å². The van der Waals surface area contributed by atoms with E-state index >= 15 is 0 Å². The predicted octanol–water partition coefficient (Wildman–Crippen LogP) is 2.94. The largest absolute Gasteiger partial charge is 0.288 e. The average molecular weight is 318 g/mol. The number of nitro benzene ring substituents is 1. The SMILES string of the molecule is O=C(Cc1ccccc1)N/N=C/c1ccc(Cl)c([N+](=O)[O-])c1. The summed E-state index contributed by atoms with van der Waals surface area (Å²) in [6.45, 7) is 0. The van der Waals surface area contributed by atoms with Crippen molar-refractivity contribution in [2.75, 3.05) is 0 Å². The first-order chi connectivity index (χ1) is 10.6. The Morgan fingerprint density at radius 2 is 2.00 bits per heavy atom. The molecule has 0 aliphatic heterocycles. The lowest BCUT2D eigenvalue weighted by atomic mass is 10.1. The minimum absolute atomic E-state index is 0.0512. The van der Waals surface area contributed by atoms with Gasteiger partial charge in [-0.1, -0.05) is 48.0 Å². The highest BCUT2D eigenvalue weighted by molar-refractivity contribution is 6.32. The number of benzene rings is 2. The van der Waals surface area contributed by atoms with Crippen LogP contribution in [0, 0.1) is 10.1 Å². The number of amides is 1. The van der Waals surface area contributed by atoms with Gasteiger partial charge >= 0.3 is 0 Å². The van der Waals surface area contributed by atoms with Crippen molar-refractivity contribution in [3.63, 3.8) is 0 Å². The first-order valence-electron chi connectivity index (χ1n) is 6.36. The van der Waals surface area contributed by atoms with Gasteiger partial charge in [-0.15, -0.1) is 0 Å². The summed E-state index contributed by atoms with van der Waals surface area (Å²) >= 11 is 5.71. The monoisotopic (exact) mass is 317 g/mol. The summed E-state index contributed by atoms with van der Waals surface area (Å²) in [7, 11) is 0. The van der Waals surface area contributed by atoms with Crippen molar-refractivity contribution in [3.8, 4) is 0 Å². The second kappa shape index (κ2) is 7.33. The molecule has 112 valence electrons. The van der Waals surface area contributed by atoms with Crippen molar-refractivity contribution in [2.45, 2.75) is 6.42 Å². The van der Waals surface area contributed by atoms with Crippen molar-refractivity contribution in [1.29, 1.82) is 0 Å². The molecule has 0 aromatic heterocycles. The number of rotatable bonds is 5. The highest BCUT2D eigenvalue weighted by atomic mass is 35.5. The maximum Gasteiger partial charge on any atom is 0.288 e. The van der Waals surface area contributed by atoms with Gasteiger partial charge in [-0.2, -0.15) is 5.10 Å². The van der Waals surface area contributed by atoms with E-state index in [2.05, 4.69) is 10.5 Å². The fourth-order valence-corrected chi connectivity index (χ4v) is 1.94. The Bertz CT molecular complexity index is 717. The topological polar surface area (TPSA) is 84.6 Å². The number of hydrogen-bond donors (Lipinski definition) is 1. The number of nitrogens with zero attached hydrogens (tertiary/aromatic N) is 2. The minimum Gasteiger partial charge on any atom is -0.273 e. The average Bonchev–Trinajstić information content (AvgIpc) is 2.49. The van der Waals surface area contributed by atoms with Crippen LogP contribution in [0.25, 0.3) is 0 Å². The van der Waals surface area contributed by atoms with Crippen LogP contribution in [-0.4, -0.2) is 17.0 Å². The Balaban J connectivity index is 1.96. The second-order valence-electron chi connectivity index (χ2n) is 4.42. The maximum absolute atomic E-state index is 11.7. The molecule has 0 radical (unpaired) electrons. The van der Waals surface area contributed by atoms with E-state index in [1.807, 2.05) is 30.3 Å². The van der Waals surface area contributed by atoms with E-state index in [9.17, 15) is 14.9 Å². The molecule has 6 nitrogen and oxygen atoms in total. The highest BCUT2D eigenvalue weighted by Crippen LogP contribution is 2.24. The molecule has 2 aromatic rings. The molecule has 0 heterocycles. The summed E-state index contributed by atoms with van der Waals surface area (Å²) in [5.74, 6) is -0.272. The van der Waals surface area contributed by atoms with Crippen LogP contribution in [0.2, 0.25) is 5.02 Å². The molecule has 0 aliphatic carbocycles. The molecule has 1 N–H and O–H groups in total. The van der Waals surface area contributed by atoms with E-state index < -0.39 is 4.92 Å². The quantitative estimate of drug-likeness (QED) is 0.522. The first-order valence-corrected chi connectivity index (χ1v) is 6.74. The normalized spacial score (nSPS) is 10.6. The number of hydrazone groups is 1. The Morgan fingerprint density at radius 3 is 2.68 bits per heavy atom. The molecule has 7 heteroatoms. The second-order valence-corrected chi connectivity index (χ2v) is 4.83. The molecule has 22 heavy (non-hydrogen) atoms. The molecule has 0 saturated heterocycles. The van der Waals surface area contributed by atoms with Crippen molar-refractivity contribution in [2.24, 2.45) is 5.10 Å². The number of carbonyl (C=O) groups is 1. The van der Waals surface area contributed by atoms with E-state index in [1.54, 1.807) is 6.07 Å². The fourth-order valence-electron chi connectivity index (χ4n) is 1.75. The summed E-state index contributed by atoms with van der Waals surface area (Å²) in [6, 6.07) is 13.5. The lowest BCUT2D eigenvalue weighted by Crippen LogP contribution is -2.19. The summed E-state index contributed by atoms with van der Waals surface area (Å²) in [4.78, 5) is 21.9. The lowest BCUT2D eigenvalue weighted by molar-refractivity contribution is -0.384. The molecule has 0 unspecified atom stereocenters. The summed E-state index contributed by atoms with van der Waals surface area (Å²) in [6.07, 6.45) is 1.53. The third-order valence-electron chi connectivity index (χ3n) is 2.78. The van der Waals surface area contributed by atoms with Crippen molar-refractivity contribution in [3.05, 3.63) is 74.8 Å². The van der Waals surface area contributed by atoms with Crippen LogP contribution in [0.15, 0.2) is 53.6 Å². The molecule has 0 aliphatic rings. The molecule has 0 fully saturated rings. The van der Waals surface area contributed by atoms with Crippen molar-refractivity contribution < 1.29 is 9.72 Å². The smallest absolute Gasteiger partial charge is 0.273 e. The van der Waals surface area contributed by atoms with Gasteiger partial charge in [0, 0.05) is 11.6 Å². The lowest BCUT2D eigenvalue weighted by Gasteiger charge is -2.00. The summed E-state index contributed by atoms with van der Waals surface area (Å²) in [5, 5.41) is 14.6. The van der Waals surface area contributed by atoms with E-state index in [0.29, 0.717) is 5.56 Å². The maximum atomic E-state index is 11.7. The number of hydrogen-bond acceptors (Lipinski definition) is 4. The fraction of sp³-hybridized carbons (Fsp3) is 0.0667. The molecular formula is C15H12ClN3O3. The number of carbonyl (C=O) groups excluding carboxylic acids is 1. The molecule has 0 spiro atoms. The molecule has 0 saturated carbocycles. The third-order valence-corrected chi connectivity index (χ3v) is 3.10. The molecule has 2 rings (SSSR count). The Hall–Kier alpha value is -2.73. The highest BCUT2D eigenvalue weighted by Gasteiger charge is 2.11. The number of nitrogens with one attached hydrogen (secondary N) is 1. The van der Waals surface area contributed by atoms with Crippen LogP contribution in [0.1, 0.15) is 11.1 Å². The van der Waals surface area contributed by atoms with Gasteiger partial charge in [-0.3, -0.25) is 14.9 Å². The minimum atomic E-state index is -0.576. The van der Waals surface area contributed by atoms with Gasteiger partial charge in [0.05, 0.1) is 17.6 Å². The predicted molar refractivity (Wildman–Crippen MR) is 84.0 cm³/mol. The molecule has 1 amide bonds. The Labute approximate surface area is 131 Å². The van der Waals surface area contributed by atoms with E-state index in [1.165, 1.54) is 18.3 Å². The van der Waals surface area contributed by atoms with Crippen LogP contribution in [-0.2, 0) is 11.2 Å². The van der Waals surface area contributed by atoms with Gasteiger partial charge in [-0.05, 0) is 11.6 Å². The molecular weight excluding hydrogens is 306 g/mol. The molecule has 0 bridgehead atoms. The standard InChI is InChI=1S/C15H12ClN3O3/c16-13-7-6-12(8-14(13)19(21)22)10-17-18-15(20)9-11-4-2-1-3-5-11/h1-8,10H,9H2,(H,18,20)/b17-10+. The van der Waals surface area contributed by atoms with E-state index in [-0.39, 0.29) is 23.0 Å². The van der Waals surface area contributed by atoms with Gasteiger partial charge in [0.2, 0.25) is 5.91 Å². The first kappa shape index (κ1) is 15.7. The zero-order valence-corrected chi connectivity index (χ0v) is 12.2. The Kier molecular flexibility index (Phi) is 5.21. The van der Waals surface area contributed by atoms with Gasteiger partial charge in [-0.25, -0.2) is 5.43 Å². The van der Waals surface area contributed by atoms with E-state index in [0.717, 1.165) is 5.56 Å². The Morgan fingerprint density at radius 1 is 1.27 bits per heavy atom. The zero-order valence-electron chi connectivity index (χ0n) is 11.4. The van der Waals surface area contributed by atoms with Gasteiger partial charge in [0.25, 0.3) is 5.69 Å². The van der Waals surface area contributed by atoms with Gasteiger partial charge in [0.1, 0.15) is 5.02 Å². The van der Waals surface area contributed by atoms with Crippen LogP contribution in [0.3, 0.4) is 0 Å². The molecule has 0 atom stereocenters. The van der Waals surface area contributed by atoms with E-state index in [4.69, 9.17) is 11.6 Å². The van der Waals surface area contributed by atoms with Crippen molar-refractivity contribution in [1.82, 2.24) is 5.43 Å².